The van der Waals surface area contributed by atoms with Crippen LogP contribution in [0.1, 0.15) is 5.56 Å². The third-order valence-electron chi connectivity index (χ3n) is 2.04. The van der Waals surface area contributed by atoms with Gasteiger partial charge in [0.15, 0.2) is 0 Å². The zero-order valence-electron chi connectivity index (χ0n) is 8.36. The second kappa shape index (κ2) is 4.94. The van der Waals surface area contributed by atoms with E-state index in [9.17, 15) is 4.39 Å². The van der Waals surface area contributed by atoms with Crippen molar-refractivity contribution in [1.82, 2.24) is 4.98 Å². The summed E-state index contributed by atoms with van der Waals surface area (Å²) in [7, 11) is 0. The number of rotatable bonds is 3. The van der Waals surface area contributed by atoms with Crippen molar-refractivity contribution in [3.8, 4) is 11.5 Å². The summed E-state index contributed by atoms with van der Waals surface area (Å²) in [5.74, 6) is 0.962. The minimum atomic E-state index is -0.339. The lowest BCUT2D eigenvalue weighted by molar-refractivity contribution is 0.470. The van der Waals surface area contributed by atoms with Gasteiger partial charge in [-0.25, -0.2) is 4.39 Å². The lowest BCUT2D eigenvalue weighted by Crippen LogP contribution is -1.90. The lowest BCUT2D eigenvalue weighted by atomic mass is 10.3. The van der Waals surface area contributed by atoms with Crippen LogP contribution < -0.4 is 4.74 Å². The van der Waals surface area contributed by atoms with Gasteiger partial charge < -0.3 is 4.74 Å². The summed E-state index contributed by atoms with van der Waals surface area (Å²) in [6.45, 7) is 0. The molecule has 1 aromatic carbocycles. The molecule has 0 N–H and O–H groups in total. The summed E-state index contributed by atoms with van der Waals surface area (Å²) >= 11 is 5.75. The highest BCUT2D eigenvalue weighted by molar-refractivity contribution is 6.17. The van der Waals surface area contributed by atoms with Crippen molar-refractivity contribution in [2.24, 2.45) is 0 Å². The average Bonchev–Trinajstić information content (AvgIpc) is 2.30. The zero-order chi connectivity index (χ0) is 11.4. The number of pyridine rings is 1. The van der Waals surface area contributed by atoms with Crippen LogP contribution in [0.15, 0.2) is 42.7 Å². The van der Waals surface area contributed by atoms with E-state index in [-0.39, 0.29) is 5.82 Å². The Morgan fingerprint density at radius 3 is 2.94 bits per heavy atom. The van der Waals surface area contributed by atoms with Crippen LogP contribution in [0.2, 0.25) is 0 Å². The highest BCUT2D eigenvalue weighted by Gasteiger charge is 2.04. The molecule has 2 rings (SSSR count). The lowest BCUT2D eigenvalue weighted by Gasteiger charge is -2.08. The molecule has 2 aromatic rings. The van der Waals surface area contributed by atoms with Gasteiger partial charge in [-0.1, -0.05) is 6.07 Å². The van der Waals surface area contributed by atoms with Crippen molar-refractivity contribution in [1.29, 1.82) is 0 Å². The standard InChI is InChI=1S/C12H9ClFNO/c13-7-9-4-5-15-8-12(9)16-11-3-1-2-10(14)6-11/h1-6,8H,7H2. The maximum Gasteiger partial charge on any atom is 0.150 e. The van der Waals surface area contributed by atoms with Crippen LogP contribution in [0.5, 0.6) is 11.5 Å². The first-order valence-corrected chi connectivity index (χ1v) is 5.25. The Morgan fingerprint density at radius 2 is 2.19 bits per heavy atom. The van der Waals surface area contributed by atoms with Gasteiger partial charge in [-0.05, 0) is 18.2 Å². The molecule has 0 unspecified atom stereocenters. The molecule has 82 valence electrons. The molecule has 1 heterocycles. The van der Waals surface area contributed by atoms with Gasteiger partial charge in [-0.15, -0.1) is 11.6 Å². The van der Waals surface area contributed by atoms with Crippen LogP contribution in [0, 0.1) is 5.82 Å². The first-order valence-electron chi connectivity index (χ1n) is 4.72. The molecule has 0 spiro atoms. The van der Waals surface area contributed by atoms with Crippen molar-refractivity contribution >= 4 is 11.6 Å². The van der Waals surface area contributed by atoms with Gasteiger partial charge >= 0.3 is 0 Å². The van der Waals surface area contributed by atoms with Gasteiger partial charge in [0, 0.05) is 17.8 Å². The number of hydrogen-bond acceptors (Lipinski definition) is 2. The maximum atomic E-state index is 12.9. The molecular weight excluding hydrogens is 229 g/mol. The number of hydrogen-bond donors (Lipinski definition) is 0. The van der Waals surface area contributed by atoms with Crippen LogP contribution in [0.4, 0.5) is 4.39 Å². The molecule has 0 radical (unpaired) electrons. The summed E-state index contributed by atoms with van der Waals surface area (Å²) in [6, 6.07) is 7.70. The van der Waals surface area contributed by atoms with Crippen LogP contribution in [0.3, 0.4) is 0 Å². The summed E-state index contributed by atoms with van der Waals surface area (Å²) in [5, 5.41) is 0. The first kappa shape index (κ1) is 10.9. The predicted molar refractivity (Wildman–Crippen MR) is 60.3 cm³/mol. The van der Waals surface area contributed by atoms with Crippen LogP contribution in [-0.4, -0.2) is 4.98 Å². The van der Waals surface area contributed by atoms with Crippen molar-refractivity contribution in [3.05, 3.63) is 54.1 Å². The molecule has 0 amide bonds. The molecule has 0 aliphatic carbocycles. The fourth-order valence-corrected chi connectivity index (χ4v) is 1.49. The average molecular weight is 238 g/mol. The first-order chi connectivity index (χ1) is 7.79. The van der Waals surface area contributed by atoms with E-state index in [0.29, 0.717) is 17.4 Å². The Labute approximate surface area is 97.7 Å². The highest BCUT2D eigenvalue weighted by atomic mass is 35.5. The SMILES string of the molecule is Fc1cccc(Oc2cnccc2CCl)c1. The van der Waals surface area contributed by atoms with E-state index in [0.717, 1.165) is 5.56 Å². The van der Waals surface area contributed by atoms with Crippen molar-refractivity contribution < 1.29 is 9.13 Å². The number of alkyl halides is 1. The van der Waals surface area contributed by atoms with Crippen LogP contribution in [-0.2, 0) is 5.88 Å². The molecule has 0 aliphatic heterocycles. The Balaban J connectivity index is 2.26. The minimum Gasteiger partial charge on any atom is -0.455 e. The second-order valence-corrected chi connectivity index (χ2v) is 3.44. The quantitative estimate of drug-likeness (QED) is 0.759. The summed E-state index contributed by atoms with van der Waals surface area (Å²) in [4.78, 5) is 3.93. The Morgan fingerprint density at radius 1 is 1.31 bits per heavy atom. The molecular formula is C12H9ClFNO. The largest absolute Gasteiger partial charge is 0.455 e. The topological polar surface area (TPSA) is 22.1 Å². The predicted octanol–water partition coefficient (Wildman–Crippen LogP) is 3.75. The molecule has 0 saturated heterocycles. The number of benzene rings is 1. The van der Waals surface area contributed by atoms with E-state index in [1.54, 1.807) is 30.6 Å². The normalized spacial score (nSPS) is 10.1. The summed E-state index contributed by atoms with van der Waals surface area (Å²) < 4.78 is 18.4. The highest BCUT2D eigenvalue weighted by Crippen LogP contribution is 2.25. The Hall–Kier alpha value is -1.61. The number of nitrogens with zero attached hydrogens (tertiary/aromatic N) is 1. The van der Waals surface area contributed by atoms with Gasteiger partial charge in [0.1, 0.15) is 17.3 Å². The van der Waals surface area contributed by atoms with Crippen LogP contribution in [0.25, 0.3) is 0 Å². The van der Waals surface area contributed by atoms with E-state index in [4.69, 9.17) is 16.3 Å². The maximum absolute atomic E-state index is 12.9. The Kier molecular flexibility index (Phi) is 3.37. The molecule has 0 aliphatic rings. The smallest absolute Gasteiger partial charge is 0.150 e. The third kappa shape index (κ3) is 2.49. The van der Waals surface area contributed by atoms with Gasteiger partial charge in [0.2, 0.25) is 0 Å². The molecule has 16 heavy (non-hydrogen) atoms. The van der Waals surface area contributed by atoms with E-state index in [1.807, 2.05) is 0 Å². The Bertz CT molecular complexity index is 490. The summed E-state index contributed by atoms with van der Waals surface area (Å²) in [5.41, 5.74) is 0.820. The number of aromatic nitrogens is 1. The molecule has 1 aromatic heterocycles. The fourth-order valence-electron chi connectivity index (χ4n) is 1.27. The van der Waals surface area contributed by atoms with Gasteiger partial charge in [0.05, 0.1) is 12.1 Å². The van der Waals surface area contributed by atoms with Crippen molar-refractivity contribution in [2.75, 3.05) is 0 Å². The second-order valence-electron chi connectivity index (χ2n) is 3.18. The third-order valence-corrected chi connectivity index (χ3v) is 2.33. The molecule has 0 saturated carbocycles. The number of ether oxygens (including phenoxy) is 1. The minimum absolute atomic E-state index is 0.327. The molecule has 0 atom stereocenters. The van der Waals surface area contributed by atoms with Gasteiger partial charge in [-0.3, -0.25) is 4.98 Å². The van der Waals surface area contributed by atoms with Crippen LogP contribution >= 0.6 is 11.6 Å². The van der Waals surface area contributed by atoms with Crippen molar-refractivity contribution in [3.63, 3.8) is 0 Å². The molecule has 4 heteroatoms. The van der Waals surface area contributed by atoms with E-state index in [1.165, 1.54) is 12.1 Å². The zero-order valence-corrected chi connectivity index (χ0v) is 9.12. The van der Waals surface area contributed by atoms with E-state index >= 15 is 0 Å². The van der Waals surface area contributed by atoms with E-state index in [2.05, 4.69) is 4.98 Å². The molecule has 0 fully saturated rings. The molecule has 2 nitrogen and oxygen atoms in total. The van der Waals surface area contributed by atoms with E-state index < -0.39 is 0 Å². The number of halogens is 2. The van der Waals surface area contributed by atoms with Gasteiger partial charge in [0.25, 0.3) is 0 Å². The summed E-state index contributed by atoms with van der Waals surface area (Å²) in [6.07, 6.45) is 3.19. The van der Waals surface area contributed by atoms with Gasteiger partial charge in [-0.2, -0.15) is 0 Å². The fraction of sp³-hybridized carbons (Fsp3) is 0.0833. The monoisotopic (exact) mass is 237 g/mol. The molecule has 0 bridgehead atoms. The van der Waals surface area contributed by atoms with Crippen molar-refractivity contribution in [2.45, 2.75) is 5.88 Å².